The van der Waals surface area contributed by atoms with Crippen molar-refractivity contribution in [1.82, 2.24) is 0 Å². The van der Waals surface area contributed by atoms with Gasteiger partial charge in [-0.3, -0.25) is 4.79 Å². The first-order valence-electron chi connectivity index (χ1n) is 6.61. The molecule has 0 spiro atoms. The Bertz CT molecular complexity index is 617. The van der Waals surface area contributed by atoms with E-state index in [1.165, 1.54) is 6.92 Å². The lowest BCUT2D eigenvalue weighted by Gasteiger charge is -2.14. The molecule has 104 valence electrons. The van der Waals surface area contributed by atoms with E-state index >= 15 is 0 Å². The first kappa shape index (κ1) is 14.1. The van der Waals surface area contributed by atoms with Crippen molar-refractivity contribution in [3.63, 3.8) is 0 Å². The molecule has 0 unspecified atom stereocenters. The Balaban J connectivity index is 2.46. The SMILES string of the molecule is CCc1ccccc1Oc1cccc(OC)c1C(C)=O. The number of hydrogen-bond donors (Lipinski definition) is 0. The van der Waals surface area contributed by atoms with Gasteiger partial charge in [-0.05, 0) is 37.1 Å². The summed E-state index contributed by atoms with van der Waals surface area (Å²) < 4.78 is 11.2. The van der Waals surface area contributed by atoms with Crippen molar-refractivity contribution in [2.45, 2.75) is 20.3 Å². The van der Waals surface area contributed by atoms with Crippen molar-refractivity contribution >= 4 is 5.78 Å². The first-order valence-corrected chi connectivity index (χ1v) is 6.61. The van der Waals surface area contributed by atoms with E-state index in [1.54, 1.807) is 19.2 Å². The lowest BCUT2D eigenvalue weighted by Crippen LogP contribution is -2.01. The van der Waals surface area contributed by atoms with Crippen LogP contribution in [-0.4, -0.2) is 12.9 Å². The van der Waals surface area contributed by atoms with Crippen molar-refractivity contribution in [2.75, 3.05) is 7.11 Å². The van der Waals surface area contributed by atoms with Gasteiger partial charge in [0.15, 0.2) is 5.78 Å². The van der Waals surface area contributed by atoms with Gasteiger partial charge in [0.05, 0.1) is 7.11 Å². The van der Waals surface area contributed by atoms with Gasteiger partial charge in [0.25, 0.3) is 0 Å². The zero-order chi connectivity index (χ0) is 14.5. The number of carbonyl (C=O) groups is 1. The predicted molar refractivity (Wildman–Crippen MR) is 78.9 cm³/mol. The molecule has 0 atom stereocenters. The minimum absolute atomic E-state index is 0.0774. The molecule has 0 radical (unpaired) electrons. The summed E-state index contributed by atoms with van der Waals surface area (Å²) in [7, 11) is 1.55. The molecule has 0 aliphatic heterocycles. The van der Waals surface area contributed by atoms with Crippen molar-refractivity contribution < 1.29 is 14.3 Å². The van der Waals surface area contributed by atoms with Crippen LogP contribution in [0.25, 0.3) is 0 Å². The monoisotopic (exact) mass is 270 g/mol. The van der Waals surface area contributed by atoms with Crippen LogP contribution in [0.4, 0.5) is 0 Å². The Kier molecular flexibility index (Phi) is 4.41. The number of aryl methyl sites for hydroxylation is 1. The summed E-state index contributed by atoms with van der Waals surface area (Å²) >= 11 is 0. The fourth-order valence-corrected chi connectivity index (χ4v) is 2.13. The Morgan fingerprint density at radius 1 is 1.00 bits per heavy atom. The van der Waals surface area contributed by atoms with E-state index in [-0.39, 0.29) is 5.78 Å². The molecule has 0 bridgehead atoms. The van der Waals surface area contributed by atoms with Crippen LogP contribution in [0, 0.1) is 0 Å². The van der Waals surface area contributed by atoms with Gasteiger partial charge in [0.2, 0.25) is 0 Å². The quantitative estimate of drug-likeness (QED) is 0.762. The third-order valence-electron chi connectivity index (χ3n) is 3.13. The number of methoxy groups -OCH3 is 1. The van der Waals surface area contributed by atoms with Gasteiger partial charge in [-0.1, -0.05) is 31.2 Å². The van der Waals surface area contributed by atoms with Crippen LogP contribution in [0.3, 0.4) is 0 Å². The lowest BCUT2D eigenvalue weighted by atomic mass is 10.1. The second-order valence-corrected chi connectivity index (χ2v) is 4.45. The molecule has 0 saturated heterocycles. The highest BCUT2D eigenvalue weighted by atomic mass is 16.5. The van der Waals surface area contributed by atoms with Crippen LogP contribution in [0.1, 0.15) is 29.8 Å². The number of carbonyl (C=O) groups excluding carboxylic acids is 1. The number of Topliss-reactive ketones (excluding diaryl/α,β-unsaturated/α-hetero) is 1. The summed E-state index contributed by atoms with van der Waals surface area (Å²) in [5.74, 6) is 1.75. The lowest BCUT2D eigenvalue weighted by molar-refractivity contribution is 0.101. The Labute approximate surface area is 119 Å². The Morgan fingerprint density at radius 3 is 2.30 bits per heavy atom. The van der Waals surface area contributed by atoms with Gasteiger partial charge in [-0.25, -0.2) is 0 Å². The van der Waals surface area contributed by atoms with Gasteiger partial charge < -0.3 is 9.47 Å². The van der Waals surface area contributed by atoms with Crippen LogP contribution < -0.4 is 9.47 Å². The fourth-order valence-electron chi connectivity index (χ4n) is 2.13. The molecule has 2 rings (SSSR count). The molecule has 0 fully saturated rings. The predicted octanol–water partition coefficient (Wildman–Crippen LogP) is 4.25. The number of hydrogen-bond acceptors (Lipinski definition) is 3. The molecular formula is C17H18O3. The van der Waals surface area contributed by atoms with Gasteiger partial charge >= 0.3 is 0 Å². The zero-order valence-corrected chi connectivity index (χ0v) is 12.0. The second kappa shape index (κ2) is 6.24. The summed E-state index contributed by atoms with van der Waals surface area (Å²) in [4.78, 5) is 11.8. The molecule has 3 heteroatoms. The van der Waals surface area contributed by atoms with Gasteiger partial charge in [0, 0.05) is 0 Å². The summed E-state index contributed by atoms with van der Waals surface area (Å²) in [5.41, 5.74) is 1.57. The number of rotatable bonds is 5. The van der Waals surface area contributed by atoms with Gasteiger partial charge in [0.1, 0.15) is 22.8 Å². The number of ether oxygens (including phenoxy) is 2. The maximum atomic E-state index is 11.8. The van der Waals surface area contributed by atoms with Gasteiger partial charge in [-0.2, -0.15) is 0 Å². The number of para-hydroxylation sites is 1. The highest BCUT2D eigenvalue weighted by Crippen LogP contribution is 2.33. The third-order valence-corrected chi connectivity index (χ3v) is 3.13. The van der Waals surface area contributed by atoms with Crippen LogP contribution in [0.15, 0.2) is 42.5 Å². The molecule has 2 aromatic rings. The Hall–Kier alpha value is -2.29. The van der Waals surface area contributed by atoms with Crippen molar-refractivity contribution in [2.24, 2.45) is 0 Å². The highest BCUT2D eigenvalue weighted by Gasteiger charge is 2.16. The molecule has 0 saturated carbocycles. The normalized spacial score (nSPS) is 10.2. The summed E-state index contributed by atoms with van der Waals surface area (Å²) in [6, 6.07) is 13.2. The van der Waals surface area contributed by atoms with Crippen LogP contribution in [0.2, 0.25) is 0 Å². The van der Waals surface area contributed by atoms with Crippen LogP contribution >= 0.6 is 0 Å². The molecule has 2 aromatic carbocycles. The second-order valence-electron chi connectivity index (χ2n) is 4.45. The first-order chi connectivity index (χ1) is 9.67. The molecule has 0 amide bonds. The van der Waals surface area contributed by atoms with Crippen molar-refractivity contribution in [3.8, 4) is 17.2 Å². The van der Waals surface area contributed by atoms with E-state index in [1.807, 2.05) is 30.3 Å². The molecule has 0 aliphatic carbocycles. The smallest absolute Gasteiger partial charge is 0.167 e. The molecule has 0 heterocycles. The minimum Gasteiger partial charge on any atom is -0.496 e. The average Bonchev–Trinajstić information content (AvgIpc) is 2.47. The fraction of sp³-hybridized carbons (Fsp3) is 0.235. The third kappa shape index (κ3) is 2.82. The van der Waals surface area contributed by atoms with Crippen LogP contribution in [-0.2, 0) is 6.42 Å². The zero-order valence-electron chi connectivity index (χ0n) is 12.0. The summed E-state index contributed by atoms with van der Waals surface area (Å²) in [6.45, 7) is 3.58. The average molecular weight is 270 g/mol. The number of benzene rings is 2. The molecule has 0 N–H and O–H groups in total. The molecule has 0 aromatic heterocycles. The molecular weight excluding hydrogens is 252 g/mol. The largest absolute Gasteiger partial charge is 0.496 e. The highest BCUT2D eigenvalue weighted by molar-refractivity contribution is 5.99. The van der Waals surface area contributed by atoms with E-state index in [9.17, 15) is 4.79 Å². The standard InChI is InChI=1S/C17H18O3/c1-4-13-8-5-6-9-14(13)20-16-11-7-10-15(19-3)17(16)12(2)18/h5-11H,4H2,1-3H3. The molecule has 3 nitrogen and oxygen atoms in total. The number of ketones is 1. The maximum absolute atomic E-state index is 11.8. The van der Waals surface area contributed by atoms with E-state index in [2.05, 4.69) is 6.92 Å². The topological polar surface area (TPSA) is 35.5 Å². The van der Waals surface area contributed by atoms with Crippen molar-refractivity contribution in [3.05, 3.63) is 53.6 Å². The maximum Gasteiger partial charge on any atom is 0.167 e. The van der Waals surface area contributed by atoms with E-state index in [0.29, 0.717) is 17.1 Å². The van der Waals surface area contributed by atoms with E-state index in [0.717, 1.165) is 17.7 Å². The summed E-state index contributed by atoms with van der Waals surface area (Å²) in [6.07, 6.45) is 0.871. The van der Waals surface area contributed by atoms with E-state index < -0.39 is 0 Å². The minimum atomic E-state index is -0.0774. The summed E-state index contributed by atoms with van der Waals surface area (Å²) in [5, 5.41) is 0. The van der Waals surface area contributed by atoms with Gasteiger partial charge in [-0.15, -0.1) is 0 Å². The van der Waals surface area contributed by atoms with Crippen LogP contribution in [0.5, 0.6) is 17.2 Å². The molecule has 20 heavy (non-hydrogen) atoms. The molecule has 0 aliphatic rings. The van der Waals surface area contributed by atoms with Crippen molar-refractivity contribution in [1.29, 1.82) is 0 Å². The van der Waals surface area contributed by atoms with E-state index in [4.69, 9.17) is 9.47 Å². The Morgan fingerprint density at radius 2 is 1.65 bits per heavy atom.